The Morgan fingerprint density at radius 1 is 1.18 bits per heavy atom. The molecule has 0 unspecified atom stereocenters. The van der Waals surface area contributed by atoms with Crippen LogP contribution in [0.25, 0.3) is 27.9 Å². The van der Waals surface area contributed by atoms with Crippen molar-refractivity contribution in [3.8, 4) is 11.3 Å². The van der Waals surface area contributed by atoms with Gasteiger partial charge in [0.15, 0.2) is 15.5 Å². The Morgan fingerprint density at radius 2 is 2.00 bits per heavy atom. The molecule has 0 radical (unpaired) electrons. The van der Waals surface area contributed by atoms with Gasteiger partial charge in [0.25, 0.3) is 0 Å². The van der Waals surface area contributed by atoms with Crippen molar-refractivity contribution in [3.63, 3.8) is 0 Å². The molecule has 4 aromatic rings. The SMILES string of the molecule is CS(=O)(=O)c1cccc(-c2cc3c(ncc4cnc([C@H]5CC[C@@H](N)C5)n43)[nH]2)c1. The summed E-state index contributed by atoms with van der Waals surface area (Å²) >= 11 is 0. The van der Waals surface area contributed by atoms with E-state index in [2.05, 4.69) is 19.4 Å². The van der Waals surface area contributed by atoms with E-state index in [1.54, 1.807) is 24.4 Å². The minimum atomic E-state index is -3.27. The molecular weight excluding hydrogens is 374 g/mol. The number of H-pyrrole nitrogens is 1. The summed E-state index contributed by atoms with van der Waals surface area (Å²) in [6.07, 6.45) is 7.87. The largest absolute Gasteiger partial charge is 0.338 e. The van der Waals surface area contributed by atoms with Gasteiger partial charge in [-0.15, -0.1) is 0 Å². The number of nitrogens with one attached hydrogen (secondary N) is 1. The molecule has 1 aromatic carbocycles. The van der Waals surface area contributed by atoms with Crippen molar-refractivity contribution in [1.82, 2.24) is 19.4 Å². The van der Waals surface area contributed by atoms with E-state index in [0.717, 1.165) is 53.0 Å². The van der Waals surface area contributed by atoms with Crippen molar-refractivity contribution in [2.75, 3.05) is 6.26 Å². The molecule has 0 spiro atoms. The molecule has 8 heteroatoms. The topological polar surface area (TPSA) is 106 Å². The standard InChI is InChI=1S/C20H21N5O2S/c1-28(26,27)16-4-2-3-12(8-16)17-9-18-19(24-17)22-10-15-11-23-20(25(15)18)13-5-6-14(21)7-13/h2-4,8-11,13-14,24H,5-7,21H2,1H3/t13-,14+/m0/s1. The molecule has 2 atom stereocenters. The number of nitrogens with zero attached hydrogens (tertiary/aromatic N) is 3. The summed E-state index contributed by atoms with van der Waals surface area (Å²) in [6.45, 7) is 0. The number of aromatic nitrogens is 4. The highest BCUT2D eigenvalue weighted by Gasteiger charge is 2.27. The molecule has 28 heavy (non-hydrogen) atoms. The van der Waals surface area contributed by atoms with Crippen LogP contribution in [-0.4, -0.2) is 40.1 Å². The van der Waals surface area contributed by atoms with Crippen molar-refractivity contribution >= 4 is 26.5 Å². The predicted octanol–water partition coefficient (Wildman–Crippen LogP) is 2.88. The molecule has 5 rings (SSSR count). The number of hydrogen-bond donors (Lipinski definition) is 2. The summed E-state index contributed by atoms with van der Waals surface area (Å²) in [5.41, 5.74) is 10.4. The lowest BCUT2D eigenvalue weighted by molar-refractivity contribution is 0.602. The molecule has 7 nitrogen and oxygen atoms in total. The lowest BCUT2D eigenvalue weighted by atomic mass is 10.1. The monoisotopic (exact) mass is 395 g/mol. The van der Waals surface area contributed by atoms with Crippen molar-refractivity contribution in [2.24, 2.45) is 5.73 Å². The molecule has 1 aliphatic rings. The van der Waals surface area contributed by atoms with E-state index in [0.29, 0.717) is 10.8 Å². The fourth-order valence-corrected chi connectivity index (χ4v) is 4.82. The normalized spacial score (nSPS) is 20.4. The summed E-state index contributed by atoms with van der Waals surface area (Å²) in [4.78, 5) is 12.8. The summed E-state index contributed by atoms with van der Waals surface area (Å²) in [5, 5.41) is 0. The Hall–Kier alpha value is -2.71. The molecule has 0 amide bonds. The summed E-state index contributed by atoms with van der Waals surface area (Å²) in [6, 6.07) is 9.17. The number of aromatic amines is 1. The third-order valence-electron chi connectivity index (χ3n) is 5.57. The second-order valence-corrected chi connectivity index (χ2v) is 9.64. The lowest BCUT2D eigenvalue weighted by Gasteiger charge is -2.09. The van der Waals surface area contributed by atoms with Crippen LogP contribution in [0.2, 0.25) is 0 Å². The Kier molecular flexibility index (Phi) is 3.82. The maximum absolute atomic E-state index is 11.9. The first-order valence-electron chi connectivity index (χ1n) is 9.31. The number of fused-ring (bicyclic) bond motifs is 3. The Balaban J connectivity index is 1.67. The van der Waals surface area contributed by atoms with Crippen molar-refractivity contribution < 1.29 is 8.42 Å². The molecule has 3 aromatic heterocycles. The number of nitrogens with two attached hydrogens (primary N) is 1. The minimum absolute atomic E-state index is 0.232. The number of imidazole rings is 1. The van der Waals surface area contributed by atoms with Crippen LogP contribution in [0.1, 0.15) is 31.0 Å². The van der Waals surface area contributed by atoms with Gasteiger partial charge >= 0.3 is 0 Å². The molecule has 0 bridgehead atoms. The average Bonchev–Trinajstić information content (AvgIpc) is 3.37. The molecule has 1 aliphatic carbocycles. The van der Waals surface area contributed by atoms with Crippen LogP contribution in [0, 0.1) is 0 Å². The van der Waals surface area contributed by atoms with Crippen LogP contribution >= 0.6 is 0 Å². The Labute approximate surface area is 162 Å². The smallest absolute Gasteiger partial charge is 0.175 e. The van der Waals surface area contributed by atoms with E-state index in [1.807, 2.05) is 18.3 Å². The Morgan fingerprint density at radius 3 is 2.75 bits per heavy atom. The average molecular weight is 395 g/mol. The van der Waals surface area contributed by atoms with Crippen LogP contribution in [0.4, 0.5) is 0 Å². The zero-order chi connectivity index (χ0) is 19.5. The number of rotatable bonds is 3. The van der Waals surface area contributed by atoms with Gasteiger partial charge < -0.3 is 10.7 Å². The molecule has 1 fully saturated rings. The molecule has 3 N–H and O–H groups in total. The summed E-state index contributed by atoms with van der Waals surface area (Å²) in [7, 11) is -3.27. The van der Waals surface area contributed by atoms with Crippen LogP contribution in [0.5, 0.6) is 0 Å². The highest BCUT2D eigenvalue weighted by atomic mass is 32.2. The van der Waals surface area contributed by atoms with Gasteiger partial charge in [-0.25, -0.2) is 18.4 Å². The van der Waals surface area contributed by atoms with Gasteiger partial charge in [0.1, 0.15) is 5.82 Å². The van der Waals surface area contributed by atoms with E-state index in [-0.39, 0.29) is 6.04 Å². The van der Waals surface area contributed by atoms with Crippen LogP contribution < -0.4 is 5.73 Å². The summed E-state index contributed by atoms with van der Waals surface area (Å²) in [5.74, 6) is 1.36. The first-order chi connectivity index (χ1) is 13.4. The fraction of sp³-hybridized carbons (Fsp3) is 0.300. The van der Waals surface area contributed by atoms with Gasteiger partial charge in [-0.3, -0.25) is 4.40 Å². The summed E-state index contributed by atoms with van der Waals surface area (Å²) < 4.78 is 25.9. The highest BCUT2D eigenvalue weighted by Crippen LogP contribution is 2.35. The zero-order valence-corrected chi connectivity index (χ0v) is 16.3. The fourth-order valence-electron chi connectivity index (χ4n) is 4.15. The quantitative estimate of drug-likeness (QED) is 0.555. The van der Waals surface area contributed by atoms with Gasteiger partial charge in [-0.2, -0.15) is 0 Å². The molecule has 0 aliphatic heterocycles. The number of hydrogen-bond acceptors (Lipinski definition) is 5. The molecule has 3 heterocycles. The van der Waals surface area contributed by atoms with Gasteiger partial charge in [0, 0.05) is 23.9 Å². The first kappa shape index (κ1) is 17.4. The van der Waals surface area contributed by atoms with Crippen LogP contribution in [-0.2, 0) is 9.84 Å². The zero-order valence-electron chi connectivity index (χ0n) is 15.5. The predicted molar refractivity (Wildman–Crippen MR) is 108 cm³/mol. The first-order valence-corrected chi connectivity index (χ1v) is 11.2. The van der Waals surface area contributed by atoms with Crippen molar-refractivity contribution in [3.05, 3.63) is 48.5 Å². The van der Waals surface area contributed by atoms with Crippen molar-refractivity contribution in [2.45, 2.75) is 36.1 Å². The number of sulfone groups is 1. The molecule has 1 saturated carbocycles. The van der Waals surface area contributed by atoms with Gasteiger partial charge in [0.2, 0.25) is 0 Å². The van der Waals surface area contributed by atoms with E-state index in [4.69, 9.17) is 5.73 Å². The van der Waals surface area contributed by atoms with E-state index in [1.165, 1.54) is 6.26 Å². The minimum Gasteiger partial charge on any atom is -0.338 e. The van der Waals surface area contributed by atoms with E-state index < -0.39 is 9.84 Å². The second kappa shape index (κ2) is 6.15. The number of benzene rings is 1. The van der Waals surface area contributed by atoms with Crippen LogP contribution in [0.3, 0.4) is 0 Å². The molecule has 0 saturated heterocycles. The lowest BCUT2D eigenvalue weighted by Crippen LogP contribution is -2.15. The van der Waals surface area contributed by atoms with Crippen LogP contribution in [0.15, 0.2) is 47.6 Å². The van der Waals surface area contributed by atoms with E-state index >= 15 is 0 Å². The van der Waals surface area contributed by atoms with Gasteiger partial charge in [-0.1, -0.05) is 12.1 Å². The Bertz CT molecular complexity index is 1300. The maximum atomic E-state index is 11.9. The third-order valence-corrected chi connectivity index (χ3v) is 6.68. The van der Waals surface area contributed by atoms with Gasteiger partial charge in [0.05, 0.1) is 28.3 Å². The van der Waals surface area contributed by atoms with Crippen molar-refractivity contribution in [1.29, 1.82) is 0 Å². The van der Waals surface area contributed by atoms with Gasteiger partial charge in [-0.05, 0) is 43.0 Å². The van der Waals surface area contributed by atoms with E-state index in [9.17, 15) is 8.42 Å². The second-order valence-electron chi connectivity index (χ2n) is 7.62. The molecular formula is C20H21N5O2S. The highest BCUT2D eigenvalue weighted by molar-refractivity contribution is 7.90. The molecule has 144 valence electrons. The maximum Gasteiger partial charge on any atom is 0.175 e. The third kappa shape index (κ3) is 2.80.